The molecule has 1 unspecified atom stereocenters. The average Bonchev–Trinajstić information content (AvgIpc) is 2.81. The van der Waals surface area contributed by atoms with Gasteiger partial charge >= 0.3 is 5.97 Å². The van der Waals surface area contributed by atoms with Crippen molar-refractivity contribution in [2.24, 2.45) is 11.1 Å². The maximum Gasteiger partial charge on any atom is 0.328 e. The van der Waals surface area contributed by atoms with E-state index < -0.39 is 11.4 Å². The van der Waals surface area contributed by atoms with Gasteiger partial charge < -0.3 is 10.8 Å². The maximum absolute atomic E-state index is 11.5. The summed E-state index contributed by atoms with van der Waals surface area (Å²) < 4.78 is 0. The molecule has 0 saturated carbocycles. The summed E-state index contributed by atoms with van der Waals surface area (Å²) in [6, 6.07) is 7.67. The third kappa shape index (κ3) is 3.70. The molecule has 1 atom stereocenters. The summed E-state index contributed by atoms with van der Waals surface area (Å²) in [6.07, 6.45) is 3.49. The van der Waals surface area contributed by atoms with Crippen LogP contribution in [0.2, 0.25) is 0 Å². The molecule has 2 rings (SSSR count). The fourth-order valence-corrected chi connectivity index (χ4v) is 2.64. The summed E-state index contributed by atoms with van der Waals surface area (Å²) in [5, 5.41) is 8.73. The number of hydrogen-bond acceptors (Lipinski definition) is 3. The summed E-state index contributed by atoms with van der Waals surface area (Å²) in [7, 11) is 0. The minimum Gasteiger partial charge on any atom is -0.478 e. The monoisotopic (exact) mass is 288 g/mol. The number of nitrogens with zero attached hydrogens (tertiary/aromatic N) is 1. The van der Waals surface area contributed by atoms with Crippen LogP contribution in [0.15, 0.2) is 30.3 Å². The Balaban J connectivity index is 2.11. The minimum atomic E-state index is -0.965. The molecule has 21 heavy (non-hydrogen) atoms. The highest BCUT2D eigenvalue weighted by Crippen LogP contribution is 2.30. The van der Waals surface area contributed by atoms with Gasteiger partial charge in [0.1, 0.15) is 0 Å². The van der Waals surface area contributed by atoms with Crippen molar-refractivity contribution < 1.29 is 14.7 Å². The largest absolute Gasteiger partial charge is 0.478 e. The molecule has 0 radical (unpaired) electrons. The molecule has 1 heterocycles. The molecule has 1 aromatic carbocycles. The van der Waals surface area contributed by atoms with Gasteiger partial charge in [0.2, 0.25) is 5.91 Å². The van der Waals surface area contributed by atoms with E-state index in [1.165, 1.54) is 0 Å². The Morgan fingerprint density at radius 1 is 1.43 bits per heavy atom. The van der Waals surface area contributed by atoms with Crippen LogP contribution in [-0.4, -0.2) is 35.0 Å². The number of likely N-dealkylation sites (tertiary alicyclic amines) is 1. The van der Waals surface area contributed by atoms with Crippen molar-refractivity contribution in [2.45, 2.75) is 19.9 Å². The molecule has 1 saturated heterocycles. The molecular formula is C16H20N2O3. The number of carbonyl (C=O) groups excluding carboxylic acids is 1. The van der Waals surface area contributed by atoms with Crippen LogP contribution in [-0.2, 0) is 16.1 Å². The number of primary amides is 1. The van der Waals surface area contributed by atoms with Gasteiger partial charge in [-0.3, -0.25) is 9.69 Å². The van der Waals surface area contributed by atoms with Crippen molar-refractivity contribution in [3.8, 4) is 0 Å². The van der Waals surface area contributed by atoms with E-state index in [0.717, 1.165) is 30.2 Å². The average molecular weight is 288 g/mol. The minimum absolute atomic E-state index is 0.260. The van der Waals surface area contributed by atoms with Gasteiger partial charge in [0, 0.05) is 19.2 Å². The second kappa shape index (κ2) is 6.10. The predicted octanol–water partition coefficient (Wildman–Crippen LogP) is 1.48. The highest BCUT2D eigenvalue weighted by atomic mass is 16.4. The number of carbonyl (C=O) groups is 2. The van der Waals surface area contributed by atoms with Gasteiger partial charge in [-0.1, -0.05) is 24.3 Å². The number of nitrogens with two attached hydrogens (primary N) is 1. The lowest BCUT2D eigenvalue weighted by Gasteiger charge is -2.21. The quantitative estimate of drug-likeness (QED) is 0.804. The van der Waals surface area contributed by atoms with Crippen LogP contribution < -0.4 is 5.73 Å². The van der Waals surface area contributed by atoms with E-state index in [2.05, 4.69) is 4.90 Å². The van der Waals surface area contributed by atoms with Gasteiger partial charge in [0.25, 0.3) is 0 Å². The molecule has 0 aromatic heterocycles. The Morgan fingerprint density at radius 2 is 2.14 bits per heavy atom. The van der Waals surface area contributed by atoms with Crippen LogP contribution in [0.3, 0.4) is 0 Å². The smallest absolute Gasteiger partial charge is 0.328 e. The Bertz CT molecular complexity index is 583. The van der Waals surface area contributed by atoms with Gasteiger partial charge in [0.15, 0.2) is 0 Å². The Hall–Kier alpha value is -2.14. The van der Waals surface area contributed by atoms with Gasteiger partial charge in [0.05, 0.1) is 5.41 Å². The van der Waals surface area contributed by atoms with Crippen molar-refractivity contribution in [1.82, 2.24) is 4.90 Å². The molecule has 1 aliphatic rings. The number of carboxylic acid groups (broad SMARTS) is 1. The van der Waals surface area contributed by atoms with Crippen molar-refractivity contribution in [3.63, 3.8) is 0 Å². The van der Waals surface area contributed by atoms with Crippen molar-refractivity contribution >= 4 is 18.0 Å². The number of rotatable bonds is 5. The molecule has 3 N–H and O–H groups in total. The molecule has 0 spiro atoms. The number of hydrogen-bond donors (Lipinski definition) is 2. The predicted molar refractivity (Wildman–Crippen MR) is 80.3 cm³/mol. The fourth-order valence-electron chi connectivity index (χ4n) is 2.64. The van der Waals surface area contributed by atoms with E-state index in [0.29, 0.717) is 13.1 Å². The lowest BCUT2D eigenvalue weighted by molar-refractivity contribution is -0.131. The topological polar surface area (TPSA) is 83.6 Å². The van der Waals surface area contributed by atoms with E-state index in [-0.39, 0.29) is 5.91 Å². The van der Waals surface area contributed by atoms with Crippen LogP contribution in [0.25, 0.3) is 6.08 Å². The van der Waals surface area contributed by atoms with Gasteiger partial charge in [-0.2, -0.15) is 0 Å². The number of carboxylic acids is 1. The molecule has 0 bridgehead atoms. The lowest BCUT2D eigenvalue weighted by atomic mass is 9.89. The summed E-state index contributed by atoms with van der Waals surface area (Å²) in [6.45, 7) is 4.03. The molecule has 112 valence electrons. The third-order valence-electron chi connectivity index (χ3n) is 4.00. The first-order valence-corrected chi connectivity index (χ1v) is 6.92. The number of amides is 1. The van der Waals surface area contributed by atoms with Crippen LogP contribution in [0, 0.1) is 5.41 Å². The molecule has 5 nitrogen and oxygen atoms in total. The summed E-state index contributed by atoms with van der Waals surface area (Å²) >= 11 is 0. The zero-order valence-electron chi connectivity index (χ0n) is 12.1. The van der Waals surface area contributed by atoms with Crippen LogP contribution in [0.1, 0.15) is 24.5 Å². The van der Waals surface area contributed by atoms with Gasteiger partial charge in [-0.05, 0) is 37.1 Å². The Labute approximate surface area is 124 Å². The fraction of sp³-hybridized carbons (Fsp3) is 0.375. The number of benzene rings is 1. The van der Waals surface area contributed by atoms with Gasteiger partial charge in [-0.25, -0.2) is 4.79 Å². The zero-order valence-corrected chi connectivity index (χ0v) is 12.1. The first-order valence-electron chi connectivity index (χ1n) is 6.92. The summed E-state index contributed by atoms with van der Waals surface area (Å²) in [4.78, 5) is 24.3. The molecular weight excluding hydrogens is 268 g/mol. The van der Waals surface area contributed by atoms with Crippen molar-refractivity contribution in [1.29, 1.82) is 0 Å². The van der Waals surface area contributed by atoms with Crippen LogP contribution >= 0.6 is 0 Å². The zero-order chi connectivity index (χ0) is 15.5. The van der Waals surface area contributed by atoms with Crippen molar-refractivity contribution in [2.75, 3.05) is 13.1 Å². The molecule has 1 fully saturated rings. The molecule has 1 aromatic rings. The van der Waals surface area contributed by atoms with E-state index in [9.17, 15) is 9.59 Å². The summed E-state index contributed by atoms with van der Waals surface area (Å²) in [5.74, 6) is -1.23. The van der Waals surface area contributed by atoms with E-state index in [1.54, 1.807) is 6.08 Å². The molecule has 1 aliphatic heterocycles. The maximum atomic E-state index is 11.5. The third-order valence-corrected chi connectivity index (χ3v) is 4.00. The van der Waals surface area contributed by atoms with Crippen LogP contribution in [0.4, 0.5) is 0 Å². The number of aliphatic carboxylic acids is 1. The van der Waals surface area contributed by atoms with E-state index in [4.69, 9.17) is 10.8 Å². The molecule has 0 aliphatic carbocycles. The van der Waals surface area contributed by atoms with E-state index >= 15 is 0 Å². The van der Waals surface area contributed by atoms with Gasteiger partial charge in [-0.15, -0.1) is 0 Å². The first-order chi connectivity index (χ1) is 9.90. The molecule has 5 heteroatoms. The highest BCUT2D eigenvalue weighted by molar-refractivity contribution is 5.85. The first kappa shape index (κ1) is 15.3. The lowest BCUT2D eigenvalue weighted by Crippen LogP contribution is -2.36. The Morgan fingerprint density at radius 3 is 2.76 bits per heavy atom. The second-order valence-corrected chi connectivity index (χ2v) is 5.76. The summed E-state index contributed by atoms with van der Waals surface area (Å²) in [5.41, 5.74) is 6.92. The van der Waals surface area contributed by atoms with E-state index in [1.807, 2.05) is 31.2 Å². The standard InChI is InChI=1S/C16H20N2O3/c1-16(15(17)21)8-9-18(11-16)10-13-5-3-2-4-12(13)6-7-14(19)20/h2-7H,8-11H2,1H3,(H2,17,21)(H,19,20)/b7-6+. The Kier molecular flexibility index (Phi) is 4.43. The molecule has 1 amide bonds. The van der Waals surface area contributed by atoms with Crippen LogP contribution in [0.5, 0.6) is 0 Å². The normalized spacial score (nSPS) is 22.7. The SMILES string of the molecule is CC1(C(N)=O)CCN(Cc2ccccc2/C=C/C(=O)O)C1. The van der Waals surface area contributed by atoms with Crippen molar-refractivity contribution in [3.05, 3.63) is 41.5 Å². The second-order valence-electron chi connectivity index (χ2n) is 5.76. The highest BCUT2D eigenvalue weighted by Gasteiger charge is 2.38.